The normalized spacial score (nSPS) is 14.1. The molecule has 6 heteroatoms. The number of fused-ring (bicyclic) bond motifs is 1. The maximum absolute atomic E-state index is 13.0. The molecule has 1 aliphatic rings. The minimum absolute atomic E-state index is 0.327. The molecule has 0 spiro atoms. The van der Waals surface area contributed by atoms with Gasteiger partial charge < -0.3 is 14.4 Å². The number of carbonyl (C=O) groups excluding carboxylic acids is 2. The molecular formula is C26H32N2O4. The second-order valence-electron chi connectivity index (χ2n) is 8.82. The number of nitrogens with zero attached hydrogens (tertiary/aromatic N) is 2. The molecule has 3 rings (SSSR count). The first kappa shape index (κ1) is 23.4. The van der Waals surface area contributed by atoms with Gasteiger partial charge in [-0.1, -0.05) is 36.4 Å². The summed E-state index contributed by atoms with van der Waals surface area (Å²) < 4.78 is 10.7. The molecule has 0 radical (unpaired) electrons. The SMILES string of the molecule is CCOC(=O)/C=C(\C)c1ccc2c(c1)N(C(=O)OC(C)(C)C)CCN2Cc1ccccc1. The summed E-state index contributed by atoms with van der Waals surface area (Å²) in [6.07, 6.45) is 1.11. The van der Waals surface area contributed by atoms with E-state index in [0.717, 1.165) is 29.1 Å². The molecule has 2 aromatic rings. The van der Waals surface area contributed by atoms with Crippen molar-refractivity contribution in [2.24, 2.45) is 0 Å². The van der Waals surface area contributed by atoms with Gasteiger partial charge in [0.15, 0.2) is 0 Å². The van der Waals surface area contributed by atoms with Crippen LogP contribution >= 0.6 is 0 Å². The Bertz CT molecular complexity index is 993. The molecular weight excluding hydrogens is 404 g/mol. The number of anilines is 2. The lowest BCUT2D eigenvalue weighted by Gasteiger charge is -2.38. The van der Waals surface area contributed by atoms with Gasteiger partial charge in [-0.3, -0.25) is 4.90 Å². The molecule has 2 aromatic carbocycles. The topological polar surface area (TPSA) is 59.1 Å². The van der Waals surface area contributed by atoms with E-state index in [4.69, 9.17) is 9.47 Å². The zero-order valence-corrected chi connectivity index (χ0v) is 19.6. The number of amides is 1. The van der Waals surface area contributed by atoms with Gasteiger partial charge in [-0.25, -0.2) is 9.59 Å². The Morgan fingerprint density at radius 3 is 2.41 bits per heavy atom. The molecule has 0 saturated carbocycles. The lowest BCUT2D eigenvalue weighted by molar-refractivity contribution is -0.137. The average molecular weight is 437 g/mol. The van der Waals surface area contributed by atoms with Gasteiger partial charge in [0.1, 0.15) is 5.60 Å². The van der Waals surface area contributed by atoms with Gasteiger partial charge in [0.2, 0.25) is 0 Å². The Kier molecular flexibility index (Phi) is 7.23. The summed E-state index contributed by atoms with van der Waals surface area (Å²) in [6, 6.07) is 16.2. The standard InChI is InChI=1S/C26H32N2O4/c1-6-31-24(29)16-19(2)21-12-13-22-23(17-21)28(25(30)32-26(3,4)5)15-14-27(22)18-20-10-8-7-9-11-20/h7-13,16-17H,6,14-15,18H2,1-5H3/b19-16+. The number of carbonyl (C=O) groups is 2. The molecule has 0 N–H and O–H groups in total. The first-order valence-corrected chi connectivity index (χ1v) is 11.0. The number of ether oxygens (including phenoxy) is 2. The minimum Gasteiger partial charge on any atom is -0.463 e. The van der Waals surface area contributed by atoms with E-state index >= 15 is 0 Å². The molecule has 1 aliphatic heterocycles. The highest BCUT2D eigenvalue weighted by molar-refractivity contribution is 5.96. The quantitative estimate of drug-likeness (QED) is 0.463. The predicted octanol–water partition coefficient (Wildman–Crippen LogP) is 5.41. The molecule has 0 saturated heterocycles. The summed E-state index contributed by atoms with van der Waals surface area (Å²) in [5.74, 6) is -0.377. The van der Waals surface area contributed by atoms with Gasteiger partial charge in [0.05, 0.1) is 18.0 Å². The van der Waals surface area contributed by atoms with Crippen LogP contribution in [0.4, 0.5) is 16.2 Å². The summed E-state index contributed by atoms with van der Waals surface area (Å²) in [5.41, 5.74) is 3.97. The van der Waals surface area contributed by atoms with Crippen LogP contribution in [-0.4, -0.2) is 37.4 Å². The van der Waals surface area contributed by atoms with Crippen molar-refractivity contribution >= 4 is 29.0 Å². The molecule has 1 heterocycles. The van der Waals surface area contributed by atoms with Crippen LogP contribution in [0.15, 0.2) is 54.6 Å². The van der Waals surface area contributed by atoms with Crippen molar-refractivity contribution in [3.05, 3.63) is 65.7 Å². The highest BCUT2D eigenvalue weighted by Crippen LogP contribution is 2.37. The number of hydrogen-bond acceptors (Lipinski definition) is 5. The van der Waals surface area contributed by atoms with E-state index in [1.807, 2.05) is 64.1 Å². The maximum atomic E-state index is 13.0. The molecule has 1 amide bonds. The van der Waals surface area contributed by atoms with Crippen molar-refractivity contribution in [1.29, 1.82) is 0 Å². The number of rotatable bonds is 5. The zero-order chi connectivity index (χ0) is 23.3. The molecule has 32 heavy (non-hydrogen) atoms. The van der Waals surface area contributed by atoms with E-state index in [9.17, 15) is 9.59 Å². The molecule has 170 valence electrons. The van der Waals surface area contributed by atoms with Crippen molar-refractivity contribution in [2.75, 3.05) is 29.5 Å². The summed E-state index contributed by atoms with van der Waals surface area (Å²) in [7, 11) is 0. The fourth-order valence-corrected chi connectivity index (χ4v) is 3.63. The van der Waals surface area contributed by atoms with Crippen LogP contribution in [0.5, 0.6) is 0 Å². The zero-order valence-electron chi connectivity index (χ0n) is 19.6. The van der Waals surface area contributed by atoms with Crippen LogP contribution in [0, 0.1) is 0 Å². The molecule has 0 bridgehead atoms. The van der Waals surface area contributed by atoms with Crippen molar-refractivity contribution in [1.82, 2.24) is 0 Å². The molecule has 6 nitrogen and oxygen atoms in total. The lowest BCUT2D eigenvalue weighted by atomic mass is 10.0. The van der Waals surface area contributed by atoms with E-state index in [2.05, 4.69) is 17.0 Å². The lowest BCUT2D eigenvalue weighted by Crippen LogP contribution is -2.45. The average Bonchev–Trinajstić information content (AvgIpc) is 2.73. The first-order chi connectivity index (χ1) is 15.2. The van der Waals surface area contributed by atoms with E-state index in [-0.39, 0.29) is 12.1 Å². The number of hydrogen-bond donors (Lipinski definition) is 0. The Hall–Kier alpha value is -3.28. The third kappa shape index (κ3) is 5.90. The molecule has 0 unspecified atom stereocenters. The van der Waals surface area contributed by atoms with Gasteiger partial charge in [0, 0.05) is 25.7 Å². The van der Waals surface area contributed by atoms with Crippen LogP contribution in [0.25, 0.3) is 5.57 Å². The second-order valence-corrected chi connectivity index (χ2v) is 8.82. The Morgan fingerprint density at radius 2 is 1.75 bits per heavy atom. The fourth-order valence-electron chi connectivity index (χ4n) is 3.63. The van der Waals surface area contributed by atoms with Crippen molar-refractivity contribution in [3.8, 4) is 0 Å². The summed E-state index contributed by atoms with van der Waals surface area (Å²) in [4.78, 5) is 28.8. The van der Waals surface area contributed by atoms with E-state index in [0.29, 0.717) is 19.7 Å². The minimum atomic E-state index is -0.588. The highest BCUT2D eigenvalue weighted by atomic mass is 16.6. The van der Waals surface area contributed by atoms with Crippen molar-refractivity contribution in [3.63, 3.8) is 0 Å². The van der Waals surface area contributed by atoms with Crippen LogP contribution < -0.4 is 9.80 Å². The van der Waals surface area contributed by atoms with Crippen LogP contribution in [-0.2, 0) is 20.8 Å². The first-order valence-electron chi connectivity index (χ1n) is 11.0. The van der Waals surface area contributed by atoms with Crippen LogP contribution in [0.1, 0.15) is 45.7 Å². The molecule has 0 fully saturated rings. The van der Waals surface area contributed by atoms with E-state index < -0.39 is 5.60 Å². The van der Waals surface area contributed by atoms with Gasteiger partial charge in [-0.15, -0.1) is 0 Å². The number of benzene rings is 2. The van der Waals surface area contributed by atoms with Crippen molar-refractivity contribution in [2.45, 2.75) is 46.8 Å². The fraction of sp³-hybridized carbons (Fsp3) is 0.385. The monoisotopic (exact) mass is 436 g/mol. The molecule has 0 aromatic heterocycles. The second kappa shape index (κ2) is 9.90. The Labute approximate surface area is 190 Å². The number of esters is 1. The number of allylic oxidation sites excluding steroid dienone is 1. The molecule has 0 aliphatic carbocycles. The third-order valence-electron chi connectivity index (χ3n) is 5.11. The Balaban J connectivity index is 1.98. The smallest absolute Gasteiger partial charge is 0.414 e. The van der Waals surface area contributed by atoms with Crippen LogP contribution in [0.2, 0.25) is 0 Å². The van der Waals surface area contributed by atoms with Crippen LogP contribution in [0.3, 0.4) is 0 Å². The summed E-state index contributed by atoms with van der Waals surface area (Å²) in [6.45, 7) is 11.5. The summed E-state index contributed by atoms with van der Waals surface area (Å²) >= 11 is 0. The van der Waals surface area contributed by atoms with E-state index in [1.54, 1.807) is 11.8 Å². The predicted molar refractivity (Wildman–Crippen MR) is 128 cm³/mol. The summed E-state index contributed by atoms with van der Waals surface area (Å²) in [5, 5.41) is 0. The van der Waals surface area contributed by atoms with Gasteiger partial charge in [-0.05, 0) is 63.5 Å². The van der Waals surface area contributed by atoms with Crippen molar-refractivity contribution < 1.29 is 19.1 Å². The molecule has 0 atom stereocenters. The van der Waals surface area contributed by atoms with E-state index in [1.165, 1.54) is 11.6 Å². The third-order valence-corrected chi connectivity index (χ3v) is 5.11. The van der Waals surface area contributed by atoms with Gasteiger partial charge in [0.25, 0.3) is 0 Å². The Morgan fingerprint density at radius 1 is 1.03 bits per heavy atom. The highest BCUT2D eigenvalue weighted by Gasteiger charge is 2.30. The largest absolute Gasteiger partial charge is 0.463 e. The maximum Gasteiger partial charge on any atom is 0.414 e. The van der Waals surface area contributed by atoms with Gasteiger partial charge >= 0.3 is 12.1 Å². The van der Waals surface area contributed by atoms with Gasteiger partial charge in [-0.2, -0.15) is 0 Å².